The molecule has 0 spiro atoms. The molecule has 2 amide bonds. The van der Waals surface area contributed by atoms with Crippen LogP contribution in [0.25, 0.3) is 0 Å². The van der Waals surface area contributed by atoms with Gasteiger partial charge in [0.05, 0.1) is 10.5 Å². The second kappa shape index (κ2) is 9.12. The van der Waals surface area contributed by atoms with E-state index in [9.17, 15) is 31.2 Å². The number of rotatable bonds is 5. The molecule has 3 aromatic rings. The van der Waals surface area contributed by atoms with E-state index >= 15 is 0 Å². The molecular formula is C19H15F3N6O4S. The number of benzene rings is 2. The average Bonchev–Trinajstić information content (AvgIpc) is 2.77. The van der Waals surface area contributed by atoms with Gasteiger partial charge in [-0.05, 0) is 36.4 Å². The monoisotopic (exact) mass is 480 g/mol. The van der Waals surface area contributed by atoms with Crippen molar-refractivity contribution in [3.63, 3.8) is 0 Å². The fraction of sp³-hybridized carbons (Fsp3) is 0.0526. The molecule has 1 aromatic heterocycles. The molecule has 10 nitrogen and oxygen atoms in total. The molecule has 0 aliphatic heterocycles. The SMILES string of the molecule is Nc1nccnc1C(=O)NNC(=O)c1cccc(S(=O)(=O)Nc2cccc(C(F)(F)F)c2)c1. The number of nitrogens with one attached hydrogen (secondary N) is 3. The number of amides is 2. The molecule has 0 fully saturated rings. The first-order chi connectivity index (χ1) is 15.5. The fourth-order valence-corrected chi connectivity index (χ4v) is 3.64. The van der Waals surface area contributed by atoms with Gasteiger partial charge in [-0.15, -0.1) is 0 Å². The van der Waals surface area contributed by atoms with Gasteiger partial charge in [-0.3, -0.25) is 25.2 Å². The number of hydrazine groups is 1. The number of nitrogens with zero attached hydrogens (tertiary/aromatic N) is 2. The van der Waals surface area contributed by atoms with Gasteiger partial charge in [0.1, 0.15) is 0 Å². The number of alkyl halides is 3. The van der Waals surface area contributed by atoms with Crippen LogP contribution < -0.4 is 21.3 Å². The van der Waals surface area contributed by atoms with E-state index in [0.29, 0.717) is 6.07 Å². The molecule has 2 aromatic carbocycles. The van der Waals surface area contributed by atoms with Crippen LogP contribution in [0.15, 0.2) is 65.8 Å². The summed E-state index contributed by atoms with van der Waals surface area (Å²) in [7, 11) is -4.33. The summed E-state index contributed by atoms with van der Waals surface area (Å²) >= 11 is 0. The Morgan fingerprint density at radius 3 is 2.27 bits per heavy atom. The van der Waals surface area contributed by atoms with Crippen molar-refractivity contribution in [1.29, 1.82) is 0 Å². The number of sulfonamides is 1. The summed E-state index contributed by atoms with van der Waals surface area (Å²) in [4.78, 5) is 31.4. The molecule has 0 saturated heterocycles. The summed E-state index contributed by atoms with van der Waals surface area (Å²) < 4.78 is 65.8. The third-order valence-electron chi connectivity index (χ3n) is 4.08. The van der Waals surface area contributed by atoms with Crippen LogP contribution in [0.5, 0.6) is 0 Å². The zero-order valence-electron chi connectivity index (χ0n) is 16.4. The quantitative estimate of drug-likeness (QED) is 0.407. The molecule has 3 rings (SSSR count). The molecule has 0 unspecified atom stereocenters. The van der Waals surface area contributed by atoms with Gasteiger partial charge >= 0.3 is 6.18 Å². The third kappa shape index (κ3) is 5.74. The van der Waals surface area contributed by atoms with Gasteiger partial charge in [0.2, 0.25) is 0 Å². The average molecular weight is 480 g/mol. The highest BCUT2D eigenvalue weighted by Gasteiger charge is 2.30. The highest BCUT2D eigenvalue weighted by molar-refractivity contribution is 7.92. The standard InChI is InChI=1S/C19H15F3N6O4S/c20-19(21,22)12-4-2-5-13(10-12)28-33(31,32)14-6-1-3-11(9-14)17(29)26-27-18(30)15-16(23)25-8-7-24-15/h1-10,28H,(H2,23,25)(H,26,29)(H,27,30). The Kier molecular flexibility index (Phi) is 6.48. The minimum Gasteiger partial charge on any atom is -0.382 e. The van der Waals surface area contributed by atoms with Crippen LogP contribution >= 0.6 is 0 Å². The summed E-state index contributed by atoms with van der Waals surface area (Å²) in [6, 6.07) is 8.28. The van der Waals surface area contributed by atoms with Crippen molar-refractivity contribution in [3.05, 3.63) is 77.7 Å². The Bertz CT molecular complexity index is 1310. The molecule has 0 atom stereocenters. The molecule has 172 valence electrons. The molecule has 0 aliphatic rings. The summed E-state index contributed by atoms with van der Waals surface area (Å²) in [5.74, 6) is -1.90. The Hall–Kier alpha value is -4.20. The van der Waals surface area contributed by atoms with Crippen LogP contribution in [0.3, 0.4) is 0 Å². The van der Waals surface area contributed by atoms with Crippen molar-refractivity contribution in [2.75, 3.05) is 10.5 Å². The molecule has 0 radical (unpaired) electrons. The molecule has 1 heterocycles. The topological polar surface area (TPSA) is 156 Å². The maximum absolute atomic E-state index is 12.9. The number of hydrogen-bond donors (Lipinski definition) is 4. The van der Waals surface area contributed by atoms with Gasteiger partial charge in [0.15, 0.2) is 11.5 Å². The molecule has 33 heavy (non-hydrogen) atoms. The van der Waals surface area contributed by atoms with E-state index in [-0.39, 0.29) is 22.8 Å². The maximum Gasteiger partial charge on any atom is 0.416 e. The molecule has 5 N–H and O–H groups in total. The number of hydrogen-bond acceptors (Lipinski definition) is 7. The van der Waals surface area contributed by atoms with E-state index < -0.39 is 38.5 Å². The summed E-state index contributed by atoms with van der Waals surface area (Å²) in [5.41, 5.74) is 7.92. The number of carbonyl (C=O) groups excluding carboxylic acids is 2. The van der Waals surface area contributed by atoms with E-state index in [1.165, 1.54) is 24.5 Å². The lowest BCUT2D eigenvalue weighted by molar-refractivity contribution is -0.137. The Labute approximate surface area is 185 Å². The zero-order chi connectivity index (χ0) is 24.2. The van der Waals surface area contributed by atoms with Crippen molar-refractivity contribution in [3.8, 4) is 0 Å². The fourth-order valence-electron chi connectivity index (χ4n) is 2.55. The lowest BCUT2D eigenvalue weighted by atomic mass is 10.2. The number of nitrogen functional groups attached to an aromatic ring is 1. The lowest BCUT2D eigenvalue weighted by Crippen LogP contribution is -2.42. The second-order valence-corrected chi connectivity index (χ2v) is 8.09. The van der Waals surface area contributed by atoms with Crippen molar-refractivity contribution < 1.29 is 31.2 Å². The Morgan fingerprint density at radius 1 is 0.909 bits per heavy atom. The zero-order valence-corrected chi connectivity index (χ0v) is 17.2. The van der Waals surface area contributed by atoms with Gasteiger partial charge in [-0.2, -0.15) is 13.2 Å². The maximum atomic E-state index is 12.9. The minimum atomic E-state index is -4.65. The van der Waals surface area contributed by atoms with Crippen LogP contribution in [0, 0.1) is 0 Å². The largest absolute Gasteiger partial charge is 0.416 e. The second-order valence-electron chi connectivity index (χ2n) is 6.41. The molecule has 0 saturated carbocycles. The number of carbonyl (C=O) groups is 2. The van der Waals surface area contributed by atoms with Gasteiger partial charge in [0.25, 0.3) is 21.8 Å². The first-order valence-electron chi connectivity index (χ1n) is 8.95. The Balaban J connectivity index is 1.74. The van der Waals surface area contributed by atoms with Crippen LogP contribution in [0.2, 0.25) is 0 Å². The molecule has 0 aliphatic carbocycles. The first kappa shape index (κ1) is 23.5. The van der Waals surface area contributed by atoms with Crippen molar-refractivity contribution in [2.24, 2.45) is 0 Å². The van der Waals surface area contributed by atoms with E-state index in [1.54, 1.807) is 0 Å². The van der Waals surface area contributed by atoms with E-state index in [4.69, 9.17) is 5.73 Å². The molecule has 0 bridgehead atoms. The first-order valence-corrected chi connectivity index (χ1v) is 10.4. The third-order valence-corrected chi connectivity index (χ3v) is 5.46. The number of nitrogens with two attached hydrogens (primary N) is 1. The highest BCUT2D eigenvalue weighted by Crippen LogP contribution is 2.31. The van der Waals surface area contributed by atoms with Gasteiger partial charge in [-0.1, -0.05) is 12.1 Å². The normalized spacial score (nSPS) is 11.5. The molecular weight excluding hydrogens is 465 g/mol. The van der Waals surface area contributed by atoms with Crippen LogP contribution in [-0.4, -0.2) is 30.2 Å². The lowest BCUT2D eigenvalue weighted by Gasteiger charge is -2.12. The smallest absolute Gasteiger partial charge is 0.382 e. The number of halogens is 3. The van der Waals surface area contributed by atoms with E-state index in [2.05, 4.69) is 20.8 Å². The predicted molar refractivity (Wildman–Crippen MR) is 110 cm³/mol. The number of anilines is 2. The van der Waals surface area contributed by atoms with Gasteiger partial charge in [-0.25, -0.2) is 18.4 Å². The van der Waals surface area contributed by atoms with Crippen LogP contribution in [-0.2, 0) is 16.2 Å². The van der Waals surface area contributed by atoms with E-state index in [1.807, 2.05) is 4.72 Å². The van der Waals surface area contributed by atoms with E-state index in [0.717, 1.165) is 30.3 Å². The van der Waals surface area contributed by atoms with Crippen LogP contribution in [0.4, 0.5) is 24.7 Å². The van der Waals surface area contributed by atoms with Crippen molar-refractivity contribution >= 4 is 33.3 Å². The summed E-state index contributed by atoms with van der Waals surface area (Å²) in [5, 5.41) is 0. The van der Waals surface area contributed by atoms with Crippen molar-refractivity contribution in [1.82, 2.24) is 20.8 Å². The predicted octanol–water partition coefficient (Wildman–Crippen LogP) is 1.95. The highest BCUT2D eigenvalue weighted by atomic mass is 32.2. The summed E-state index contributed by atoms with van der Waals surface area (Å²) in [6.45, 7) is 0. The van der Waals surface area contributed by atoms with Crippen molar-refractivity contribution in [2.45, 2.75) is 11.1 Å². The number of aromatic nitrogens is 2. The summed E-state index contributed by atoms with van der Waals surface area (Å²) in [6.07, 6.45) is -2.16. The molecule has 14 heteroatoms. The minimum absolute atomic E-state index is 0.158. The Morgan fingerprint density at radius 2 is 1.58 bits per heavy atom. The van der Waals surface area contributed by atoms with Crippen LogP contribution in [0.1, 0.15) is 26.4 Å². The van der Waals surface area contributed by atoms with Gasteiger partial charge < -0.3 is 5.73 Å². The van der Waals surface area contributed by atoms with Gasteiger partial charge in [0, 0.05) is 23.6 Å².